The molecule has 3 aromatic carbocycles. The highest BCUT2D eigenvalue weighted by atomic mass is 16.5. The summed E-state index contributed by atoms with van der Waals surface area (Å²) in [6.07, 6.45) is 0. The Morgan fingerprint density at radius 3 is 2.41 bits per heavy atom. The van der Waals surface area contributed by atoms with Gasteiger partial charge in [0, 0.05) is 23.2 Å². The third kappa shape index (κ3) is 3.48. The molecular weight excluding hydrogens is 370 g/mol. The lowest BCUT2D eigenvalue weighted by Gasteiger charge is -2.15. The highest BCUT2D eigenvalue weighted by Crippen LogP contribution is 2.36. The van der Waals surface area contributed by atoms with E-state index in [1.165, 1.54) is 12.1 Å². The van der Waals surface area contributed by atoms with E-state index in [0.717, 1.165) is 5.56 Å². The molecule has 1 heterocycles. The zero-order valence-electron chi connectivity index (χ0n) is 15.9. The number of hydrogen-bond donors (Lipinski definition) is 3. The van der Waals surface area contributed by atoms with Crippen LogP contribution in [0.1, 0.15) is 5.56 Å². The summed E-state index contributed by atoms with van der Waals surface area (Å²) in [4.78, 5) is 12.9. The minimum atomic E-state index is -0.549. The number of anilines is 2. The van der Waals surface area contributed by atoms with Crippen LogP contribution in [0.5, 0.6) is 17.2 Å². The molecule has 0 aliphatic rings. The van der Waals surface area contributed by atoms with Crippen molar-refractivity contribution in [1.29, 1.82) is 0 Å². The first-order valence-corrected chi connectivity index (χ1v) is 8.97. The number of hydrogen-bond acceptors (Lipinski definition) is 6. The van der Waals surface area contributed by atoms with E-state index < -0.39 is 5.63 Å². The highest BCUT2D eigenvalue weighted by molar-refractivity contribution is 6.00. The zero-order chi connectivity index (χ0) is 20.5. The van der Waals surface area contributed by atoms with Gasteiger partial charge in [0.2, 0.25) is 0 Å². The Kier molecular flexibility index (Phi) is 4.60. The first-order chi connectivity index (χ1) is 14.0. The Hall–Kier alpha value is -3.93. The van der Waals surface area contributed by atoms with Gasteiger partial charge in [-0.1, -0.05) is 18.2 Å². The molecule has 0 aliphatic carbocycles. The van der Waals surface area contributed by atoms with E-state index in [4.69, 9.17) is 9.15 Å². The first kappa shape index (κ1) is 18.4. The second-order valence-corrected chi connectivity index (χ2v) is 6.67. The molecule has 0 saturated carbocycles. The standard InChI is InChI=1S/C23H19NO5/c1-13-3-6-15(11-19(13)26)24-22-18-10-7-16(25)12-20(18)29-23(27)21(22)14-4-8-17(28-2)9-5-14/h3-12,24-26H,1-2H3. The average Bonchev–Trinajstić information content (AvgIpc) is 2.70. The summed E-state index contributed by atoms with van der Waals surface area (Å²) in [5, 5.41) is 23.7. The van der Waals surface area contributed by atoms with Crippen LogP contribution in [0.25, 0.3) is 22.1 Å². The molecule has 3 N–H and O–H groups in total. The lowest BCUT2D eigenvalue weighted by Crippen LogP contribution is -2.08. The molecule has 0 bridgehead atoms. The molecule has 6 heteroatoms. The van der Waals surface area contributed by atoms with Gasteiger partial charge in [0.15, 0.2) is 0 Å². The van der Waals surface area contributed by atoms with Crippen molar-refractivity contribution in [2.75, 3.05) is 12.4 Å². The molecule has 4 aromatic rings. The number of fused-ring (bicyclic) bond motifs is 1. The van der Waals surface area contributed by atoms with Crippen LogP contribution in [0.4, 0.5) is 11.4 Å². The normalized spacial score (nSPS) is 10.8. The molecule has 0 spiro atoms. The molecular formula is C23H19NO5. The van der Waals surface area contributed by atoms with Crippen molar-refractivity contribution in [1.82, 2.24) is 0 Å². The number of ether oxygens (including phenoxy) is 1. The number of aromatic hydroxyl groups is 2. The van der Waals surface area contributed by atoms with E-state index in [9.17, 15) is 15.0 Å². The quantitative estimate of drug-likeness (QED) is 0.429. The Bertz CT molecular complexity index is 1260. The van der Waals surface area contributed by atoms with Gasteiger partial charge in [0.1, 0.15) is 22.8 Å². The van der Waals surface area contributed by atoms with Gasteiger partial charge in [-0.15, -0.1) is 0 Å². The van der Waals surface area contributed by atoms with E-state index in [1.54, 1.807) is 56.5 Å². The van der Waals surface area contributed by atoms with Gasteiger partial charge in [-0.3, -0.25) is 0 Å². The van der Waals surface area contributed by atoms with Crippen LogP contribution in [0, 0.1) is 6.92 Å². The van der Waals surface area contributed by atoms with Crippen LogP contribution in [-0.4, -0.2) is 17.3 Å². The summed E-state index contributed by atoms with van der Waals surface area (Å²) in [5.41, 5.74) is 2.57. The summed E-state index contributed by atoms with van der Waals surface area (Å²) < 4.78 is 10.7. The molecule has 1 aromatic heterocycles. The molecule has 0 unspecified atom stereocenters. The maximum Gasteiger partial charge on any atom is 0.346 e. The van der Waals surface area contributed by atoms with E-state index in [2.05, 4.69) is 5.32 Å². The van der Waals surface area contributed by atoms with Crippen LogP contribution in [0.2, 0.25) is 0 Å². The van der Waals surface area contributed by atoms with Gasteiger partial charge in [-0.05, 0) is 48.4 Å². The average molecular weight is 389 g/mol. The molecule has 6 nitrogen and oxygen atoms in total. The summed E-state index contributed by atoms with van der Waals surface area (Å²) in [5.74, 6) is 0.810. The minimum Gasteiger partial charge on any atom is -0.508 e. The van der Waals surface area contributed by atoms with E-state index in [-0.39, 0.29) is 17.1 Å². The van der Waals surface area contributed by atoms with Crippen molar-refractivity contribution >= 4 is 22.3 Å². The SMILES string of the molecule is COc1ccc(-c2c(Nc3ccc(C)c(O)c3)c3ccc(O)cc3oc2=O)cc1. The number of methoxy groups -OCH3 is 1. The summed E-state index contributed by atoms with van der Waals surface area (Å²) in [6, 6.07) is 16.9. The lowest BCUT2D eigenvalue weighted by molar-refractivity contribution is 0.415. The molecule has 4 rings (SSSR count). The number of nitrogens with one attached hydrogen (secondary N) is 1. The second-order valence-electron chi connectivity index (χ2n) is 6.67. The smallest absolute Gasteiger partial charge is 0.346 e. The van der Waals surface area contributed by atoms with Crippen molar-refractivity contribution in [3.05, 3.63) is 76.6 Å². The monoisotopic (exact) mass is 389 g/mol. The number of phenols is 2. The Balaban J connectivity index is 1.96. The van der Waals surface area contributed by atoms with Crippen LogP contribution in [0.3, 0.4) is 0 Å². The molecule has 0 radical (unpaired) electrons. The fourth-order valence-electron chi connectivity index (χ4n) is 3.17. The van der Waals surface area contributed by atoms with Crippen LogP contribution in [-0.2, 0) is 0 Å². The topological polar surface area (TPSA) is 91.9 Å². The largest absolute Gasteiger partial charge is 0.508 e. The second kappa shape index (κ2) is 7.24. The highest BCUT2D eigenvalue weighted by Gasteiger charge is 2.18. The van der Waals surface area contributed by atoms with Crippen LogP contribution < -0.4 is 15.7 Å². The van der Waals surface area contributed by atoms with E-state index in [0.29, 0.717) is 33.6 Å². The van der Waals surface area contributed by atoms with Gasteiger partial charge >= 0.3 is 5.63 Å². The summed E-state index contributed by atoms with van der Waals surface area (Å²) >= 11 is 0. The molecule has 0 fully saturated rings. The molecule has 0 amide bonds. The number of aryl methyl sites for hydroxylation is 1. The van der Waals surface area contributed by atoms with Gasteiger partial charge < -0.3 is 24.7 Å². The lowest BCUT2D eigenvalue weighted by atomic mass is 10.0. The minimum absolute atomic E-state index is 0.00298. The van der Waals surface area contributed by atoms with Crippen molar-refractivity contribution < 1.29 is 19.4 Å². The van der Waals surface area contributed by atoms with Gasteiger partial charge in [-0.25, -0.2) is 4.79 Å². The fourth-order valence-corrected chi connectivity index (χ4v) is 3.17. The number of phenolic OH excluding ortho intramolecular Hbond substituents is 2. The maximum atomic E-state index is 12.9. The fraction of sp³-hybridized carbons (Fsp3) is 0.0870. The molecule has 0 atom stereocenters. The van der Waals surface area contributed by atoms with Crippen LogP contribution in [0.15, 0.2) is 69.9 Å². The third-order valence-corrected chi connectivity index (χ3v) is 4.75. The molecule has 0 saturated heterocycles. The van der Waals surface area contributed by atoms with Crippen molar-refractivity contribution in [3.63, 3.8) is 0 Å². The van der Waals surface area contributed by atoms with E-state index in [1.807, 2.05) is 6.07 Å². The van der Waals surface area contributed by atoms with Gasteiger partial charge in [-0.2, -0.15) is 0 Å². The predicted octanol–water partition coefficient (Wildman–Crippen LogP) is 4.93. The predicted molar refractivity (Wildman–Crippen MR) is 112 cm³/mol. The number of benzene rings is 3. The Morgan fingerprint density at radius 1 is 0.966 bits per heavy atom. The van der Waals surface area contributed by atoms with Crippen molar-refractivity contribution in [2.24, 2.45) is 0 Å². The maximum absolute atomic E-state index is 12.9. The van der Waals surface area contributed by atoms with Crippen LogP contribution >= 0.6 is 0 Å². The Labute approximate surface area is 166 Å². The van der Waals surface area contributed by atoms with Gasteiger partial charge in [0.05, 0.1) is 18.4 Å². The molecule has 146 valence electrons. The van der Waals surface area contributed by atoms with Crippen molar-refractivity contribution in [3.8, 4) is 28.4 Å². The first-order valence-electron chi connectivity index (χ1n) is 8.97. The van der Waals surface area contributed by atoms with E-state index >= 15 is 0 Å². The summed E-state index contributed by atoms with van der Waals surface area (Å²) in [7, 11) is 1.57. The zero-order valence-corrected chi connectivity index (χ0v) is 15.9. The Morgan fingerprint density at radius 2 is 1.72 bits per heavy atom. The van der Waals surface area contributed by atoms with Crippen molar-refractivity contribution in [2.45, 2.75) is 6.92 Å². The number of rotatable bonds is 4. The third-order valence-electron chi connectivity index (χ3n) is 4.75. The summed E-state index contributed by atoms with van der Waals surface area (Å²) in [6.45, 7) is 1.80. The molecule has 0 aliphatic heterocycles. The van der Waals surface area contributed by atoms with Gasteiger partial charge in [0.25, 0.3) is 0 Å². The molecule has 29 heavy (non-hydrogen) atoms.